The average Bonchev–Trinajstić information content (AvgIpc) is 2.42. The predicted molar refractivity (Wildman–Crippen MR) is 77.1 cm³/mol. The fourth-order valence-corrected chi connectivity index (χ4v) is 2.03. The zero-order valence-electron chi connectivity index (χ0n) is 12.7. The van der Waals surface area contributed by atoms with Crippen LogP contribution in [0.2, 0.25) is 0 Å². The standard InChI is InChI=1S/C15H22N4O/c1-5-14-13(9-12(4)17-18-14)15(20)19(8-6-7-16)10-11(2)3/h9,11H,5-6,8,10H2,1-4H3. The van der Waals surface area contributed by atoms with Crippen molar-refractivity contribution in [2.75, 3.05) is 13.1 Å². The molecule has 0 bridgehead atoms. The minimum atomic E-state index is -0.0520. The molecule has 1 aromatic rings. The Kier molecular flexibility index (Phi) is 6.10. The van der Waals surface area contributed by atoms with Crippen molar-refractivity contribution in [1.29, 1.82) is 5.26 Å². The maximum Gasteiger partial charge on any atom is 0.255 e. The lowest BCUT2D eigenvalue weighted by Crippen LogP contribution is -2.35. The molecule has 0 aliphatic carbocycles. The van der Waals surface area contributed by atoms with Gasteiger partial charge in [-0.25, -0.2) is 0 Å². The monoisotopic (exact) mass is 274 g/mol. The van der Waals surface area contributed by atoms with E-state index in [4.69, 9.17) is 5.26 Å². The van der Waals surface area contributed by atoms with E-state index < -0.39 is 0 Å². The number of hydrogen-bond acceptors (Lipinski definition) is 4. The van der Waals surface area contributed by atoms with Crippen molar-refractivity contribution < 1.29 is 4.79 Å². The molecule has 0 unspecified atom stereocenters. The first kappa shape index (κ1) is 16.1. The third-order valence-corrected chi connectivity index (χ3v) is 2.92. The van der Waals surface area contributed by atoms with Gasteiger partial charge in [0.25, 0.3) is 5.91 Å². The van der Waals surface area contributed by atoms with Crippen LogP contribution in [-0.2, 0) is 6.42 Å². The molecule has 0 aliphatic rings. The number of nitriles is 1. The summed E-state index contributed by atoms with van der Waals surface area (Å²) in [6.07, 6.45) is 1.01. The highest BCUT2D eigenvalue weighted by Gasteiger charge is 2.20. The quantitative estimate of drug-likeness (QED) is 0.798. The van der Waals surface area contributed by atoms with Crippen LogP contribution >= 0.6 is 0 Å². The van der Waals surface area contributed by atoms with Crippen molar-refractivity contribution in [2.45, 2.75) is 40.5 Å². The first-order valence-electron chi connectivity index (χ1n) is 6.99. The number of aromatic nitrogens is 2. The van der Waals surface area contributed by atoms with Crippen LogP contribution in [-0.4, -0.2) is 34.1 Å². The van der Waals surface area contributed by atoms with Gasteiger partial charge in [-0.1, -0.05) is 20.8 Å². The van der Waals surface area contributed by atoms with Gasteiger partial charge in [0.1, 0.15) is 0 Å². The Hall–Kier alpha value is -1.96. The Morgan fingerprint density at radius 3 is 2.70 bits per heavy atom. The van der Waals surface area contributed by atoms with Gasteiger partial charge in [0.2, 0.25) is 0 Å². The molecular weight excluding hydrogens is 252 g/mol. The van der Waals surface area contributed by atoms with Gasteiger partial charge in [0, 0.05) is 13.1 Å². The first-order valence-corrected chi connectivity index (χ1v) is 6.99. The van der Waals surface area contributed by atoms with Gasteiger partial charge < -0.3 is 4.90 Å². The summed E-state index contributed by atoms with van der Waals surface area (Å²) in [5.41, 5.74) is 2.06. The molecule has 1 heterocycles. The van der Waals surface area contributed by atoms with Crippen molar-refractivity contribution in [3.05, 3.63) is 23.0 Å². The van der Waals surface area contributed by atoms with Crippen LogP contribution < -0.4 is 0 Å². The van der Waals surface area contributed by atoms with E-state index >= 15 is 0 Å². The second kappa shape index (κ2) is 7.59. The van der Waals surface area contributed by atoms with Gasteiger partial charge in [-0.15, -0.1) is 0 Å². The molecule has 1 rings (SSSR count). The summed E-state index contributed by atoms with van der Waals surface area (Å²) in [4.78, 5) is 14.4. The van der Waals surface area contributed by atoms with E-state index in [1.165, 1.54) is 0 Å². The zero-order valence-corrected chi connectivity index (χ0v) is 12.7. The fraction of sp³-hybridized carbons (Fsp3) is 0.600. The summed E-state index contributed by atoms with van der Waals surface area (Å²) in [5, 5.41) is 16.8. The minimum absolute atomic E-state index is 0.0520. The number of aryl methyl sites for hydroxylation is 2. The van der Waals surface area contributed by atoms with E-state index in [0.29, 0.717) is 43.1 Å². The molecule has 1 aromatic heterocycles. The maximum absolute atomic E-state index is 12.7. The molecule has 108 valence electrons. The van der Waals surface area contributed by atoms with Gasteiger partial charge >= 0.3 is 0 Å². The second-order valence-electron chi connectivity index (χ2n) is 5.25. The molecule has 0 aliphatic heterocycles. The van der Waals surface area contributed by atoms with E-state index in [9.17, 15) is 4.79 Å². The molecule has 0 saturated heterocycles. The lowest BCUT2D eigenvalue weighted by atomic mass is 10.1. The van der Waals surface area contributed by atoms with Crippen LogP contribution in [0.4, 0.5) is 0 Å². The first-order chi connectivity index (χ1) is 9.49. The Bertz CT molecular complexity index is 505. The molecule has 1 amide bonds. The maximum atomic E-state index is 12.7. The molecule has 5 nitrogen and oxygen atoms in total. The molecule has 0 N–H and O–H groups in total. The van der Waals surface area contributed by atoms with Crippen LogP contribution in [0, 0.1) is 24.2 Å². The van der Waals surface area contributed by atoms with E-state index in [1.54, 1.807) is 11.0 Å². The van der Waals surface area contributed by atoms with Crippen LogP contribution in [0.25, 0.3) is 0 Å². The largest absolute Gasteiger partial charge is 0.337 e. The molecule has 0 fully saturated rings. The Morgan fingerprint density at radius 2 is 2.15 bits per heavy atom. The van der Waals surface area contributed by atoms with Gasteiger partial charge in [0.05, 0.1) is 29.4 Å². The van der Waals surface area contributed by atoms with Crippen LogP contribution in [0.3, 0.4) is 0 Å². The Balaban J connectivity index is 3.04. The van der Waals surface area contributed by atoms with Gasteiger partial charge in [-0.3, -0.25) is 4.79 Å². The minimum Gasteiger partial charge on any atom is -0.337 e. The van der Waals surface area contributed by atoms with Crippen molar-refractivity contribution in [3.8, 4) is 6.07 Å². The smallest absolute Gasteiger partial charge is 0.255 e. The lowest BCUT2D eigenvalue weighted by Gasteiger charge is -2.24. The lowest BCUT2D eigenvalue weighted by molar-refractivity contribution is 0.0738. The van der Waals surface area contributed by atoms with Crippen molar-refractivity contribution in [2.24, 2.45) is 5.92 Å². The van der Waals surface area contributed by atoms with Crippen LogP contribution in [0.5, 0.6) is 0 Å². The summed E-state index contributed by atoms with van der Waals surface area (Å²) >= 11 is 0. The topological polar surface area (TPSA) is 69.9 Å². The molecule has 0 saturated carbocycles. The summed E-state index contributed by atoms with van der Waals surface area (Å²) in [5.74, 6) is 0.308. The molecule has 0 radical (unpaired) electrons. The molecular formula is C15H22N4O. The number of rotatable bonds is 6. The SMILES string of the molecule is CCc1nnc(C)cc1C(=O)N(CCC#N)CC(C)C. The van der Waals surface area contributed by atoms with Crippen molar-refractivity contribution in [1.82, 2.24) is 15.1 Å². The number of carbonyl (C=O) groups is 1. The Morgan fingerprint density at radius 1 is 1.45 bits per heavy atom. The molecule has 0 atom stereocenters. The van der Waals surface area contributed by atoms with Crippen LogP contribution in [0.1, 0.15) is 48.9 Å². The summed E-state index contributed by atoms with van der Waals surface area (Å²) in [6.45, 7) is 9.00. The number of hydrogen-bond donors (Lipinski definition) is 0. The second-order valence-corrected chi connectivity index (χ2v) is 5.25. The molecule has 0 aromatic carbocycles. The van der Waals surface area contributed by atoms with Gasteiger partial charge in [-0.05, 0) is 25.3 Å². The Labute approximate surface area is 120 Å². The van der Waals surface area contributed by atoms with E-state index in [2.05, 4.69) is 30.1 Å². The number of amides is 1. The highest BCUT2D eigenvalue weighted by Crippen LogP contribution is 2.13. The zero-order chi connectivity index (χ0) is 15.1. The summed E-state index contributed by atoms with van der Waals surface area (Å²) in [6, 6.07) is 3.88. The summed E-state index contributed by atoms with van der Waals surface area (Å²) < 4.78 is 0. The predicted octanol–water partition coefficient (Wildman–Crippen LogP) is 2.36. The van der Waals surface area contributed by atoms with Crippen LogP contribution in [0.15, 0.2) is 6.07 Å². The van der Waals surface area contributed by atoms with E-state index in [1.807, 2.05) is 13.8 Å². The molecule has 20 heavy (non-hydrogen) atoms. The average molecular weight is 274 g/mol. The van der Waals surface area contributed by atoms with Crippen molar-refractivity contribution in [3.63, 3.8) is 0 Å². The van der Waals surface area contributed by atoms with E-state index in [0.717, 1.165) is 5.69 Å². The van der Waals surface area contributed by atoms with Crippen molar-refractivity contribution >= 4 is 5.91 Å². The van der Waals surface area contributed by atoms with Gasteiger partial charge in [0.15, 0.2) is 0 Å². The highest BCUT2D eigenvalue weighted by molar-refractivity contribution is 5.95. The normalized spacial score (nSPS) is 10.4. The number of nitrogens with zero attached hydrogens (tertiary/aromatic N) is 4. The highest BCUT2D eigenvalue weighted by atomic mass is 16.2. The summed E-state index contributed by atoms with van der Waals surface area (Å²) in [7, 11) is 0. The third kappa shape index (κ3) is 4.30. The molecule has 5 heteroatoms. The third-order valence-electron chi connectivity index (χ3n) is 2.92. The number of carbonyl (C=O) groups excluding carboxylic acids is 1. The van der Waals surface area contributed by atoms with E-state index in [-0.39, 0.29) is 5.91 Å². The molecule has 0 spiro atoms. The van der Waals surface area contributed by atoms with Gasteiger partial charge in [-0.2, -0.15) is 15.5 Å². The fourth-order valence-electron chi connectivity index (χ4n) is 2.03.